The van der Waals surface area contributed by atoms with Crippen LogP contribution in [0.1, 0.15) is 27.7 Å². The van der Waals surface area contributed by atoms with Crippen LogP contribution in [0.2, 0.25) is 0 Å². The number of urea groups is 1. The lowest BCUT2D eigenvalue weighted by Crippen LogP contribution is -2.34. The number of benzene rings is 1. The van der Waals surface area contributed by atoms with Gasteiger partial charge in [0.15, 0.2) is 0 Å². The predicted molar refractivity (Wildman–Crippen MR) is 83.8 cm³/mol. The van der Waals surface area contributed by atoms with E-state index in [1.54, 1.807) is 30.9 Å². The molecular weight excluding hydrogens is 290 g/mol. The molecule has 0 radical (unpaired) electrons. The van der Waals surface area contributed by atoms with Crippen molar-refractivity contribution >= 4 is 21.7 Å². The van der Waals surface area contributed by atoms with Gasteiger partial charge in [-0.3, -0.25) is 0 Å². The minimum Gasteiger partial charge on any atom is -0.325 e. The van der Waals surface area contributed by atoms with Crippen LogP contribution in [0, 0.1) is 0 Å². The Labute approximate surface area is 126 Å². The second-order valence-electron chi connectivity index (χ2n) is 4.90. The molecule has 0 saturated carbocycles. The molecule has 7 heteroatoms. The molecular formula is C14H23N3O3S. The average molecular weight is 313 g/mol. The predicted octanol–water partition coefficient (Wildman–Crippen LogP) is 2.25. The van der Waals surface area contributed by atoms with Gasteiger partial charge in [-0.2, -0.15) is 0 Å². The Bertz CT molecular complexity index is 564. The fourth-order valence-electron chi connectivity index (χ4n) is 1.81. The maximum absolute atomic E-state index is 12.0. The molecule has 2 N–H and O–H groups in total. The molecule has 1 rings (SSSR count). The lowest BCUT2D eigenvalue weighted by atomic mass is 10.3. The van der Waals surface area contributed by atoms with Gasteiger partial charge in [0.05, 0.1) is 4.90 Å². The van der Waals surface area contributed by atoms with Gasteiger partial charge in [-0.05, 0) is 52.0 Å². The van der Waals surface area contributed by atoms with Crippen molar-refractivity contribution in [3.05, 3.63) is 24.3 Å². The second-order valence-corrected chi connectivity index (χ2v) is 6.62. The summed E-state index contributed by atoms with van der Waals surface area (Å²) in [5.74, 6) is 0. The second kappa shape index (κ2) is 7.42. The first-order valence-electron chi connectivity index (χ1n) is 6.98. The van der Waals surface area contributed by atoms with Crippen LogP contribution < -0.4 is 10.0 Å². The monoisotopic (exact) mass is 313 g/mol. The van der Waals surface area contributed by atoms with E-state index >= 15 is 0 Å². The summed E-state index contributed by atoms with van der Waals surface area (Å²) >= 11 is 0. The molecule has 6 nitrogen and oxygen atoms in total. The van der Waals surface area contributed by atoms with Crippen LogP contribution in [0.3, 0.4) is 0 Å². The summed E-state index contributed by atoms with van der Waals surface area (Å²) in [5.41, 5.74) is 0.565. The van der Waals surface area contributed by atoms with E-state index in [9.17, 15) is 13.2 Å². The summed E-state index contributed by atoms with van der Waals surface area (Å²) in [6, 6.07) is 5.74. The Hall–Kier alpha value is -1.60. The number of nitrogens with one attached hydrogen (secondary N) is 2. The number of carbonyl (C=O) groups is 1. The van der Waals surface area contributed by atoms with E-state index in [4.69, 9.17) is 0 Å². The standard InChI is InChI=1S/C14H23N3O3S/c1-5-17(6-2)14(18)15-12-7-9-13(10-8-12)21(19,20)16-11(3)4/h7-11,16H,5-6H2,1-4H3,(H,15,18). The van der Waals surface area contributed by atoms with Crippen molar-refractivity contribution in [2.75, 3.05) is 18.4 Å². The fourth-order valence-corrected chi connectivity index (χ4v) is 3.06. The molecule has 21 heavy (non-hydrogen) atoms. The van der Waals surface area contributed by atoms with Crippen LogP contribution >= 0.6 is 0 Å². The number of nitrogens with zero attached hydrogens (tertiary/aromatic N) is 1. The summed E-state index contributed by atoms with van der Waals surface area (Å²) in [6.07, 6.45) is 0. The zero-order chi connectivity index (χ0) is 16.0. The lowest BCUT2D eigenvalue weighted by molar-refractivity contribution is 0.217. The minimum absolute atomic E-state index is 0.169. The van der Waals surface area contributed by atoms with Crippen molar-refractivity contribution in [2.24, 2.45) is 0 Å². The largest absolute Gasteiger partial charge is 0.325 e. The smallest absolute Gasteiger partial charge is 0.321 e. The summed E-state index contributed by atoms with van der Waals surface area (Å²) < 4.78 is 26.4. The van der Waals surface area contributed by atoms with Gasteiger partial charge in [-0.1, -0.05) is 0 Å². The first kappa shape index (κ1) is 17.5. The maximum Gasteiger partial charge on any atom is 0.321 e. The van der Waals surface area contributed by atoms with Crippen LogP contribution in [0.25, 0.3) is 0 Å². The Morgan fingerprint density at radius 3 is 2.10 bits per heavy atom. The van der Waals surface area contributed by atoms with E-state index in [2.05, 4.69) is 10.0 Å². The van der Waals surface area contributed by atoms with Crippen molar-refractivity contribution in [1.29, 1.82) is 0 Å². The van der Waals surface area contributed by atoms with Crippen molar-refractivity contribution < 1.29 is 13.2 Å². The number of hydrogen-bond acceptors (Lipinski definition) is 3. The third kappa shape index (κ3) is 5.02. The number of carbonyl (C=O) groups excluding carboxylic acids is 1. The van der Waals surface area contributed by atoms with E-state index < -0.39 is 10.0 Å². The molecule has 0 saturated heterocycles. The van der Waals surface area contributed by atoms with E-state index in [1.165, 1.54) is 12.1 Å². The molecule has 0 spiro atoms. The highest BCUT2D eigenvalue weighted by atomic mass is 32.2. The Morgan fingerprint density at radius 1 is 1.14 bits per heavy atom. The van der Waals surface area contributed by atoms with E-state index in [0.29, 0.717) is 18.8 Å². The highest BCUT2D eigenvalue weighted by molar-refractivity contribution is 7.89. The van der Waals surface area contributed by atoms with E-state index in [-0.39, 0.29) is 17.0 Å². The topological polar surface area (TPSA) is 78.5 Å². The molecule has 0 aromatic heterocycles. The summed E-state index contributed by atoms with van der Waals surface area (Å²) in [4.78, 5) is 13.7. The summed E-state index contributed by atoms with van der Waals surface area (Å²) in [5, 5.41) is 2.74. The number of rotatable bonds is 6. The average Bonchev–Trinajstić information content (AvgIpc) is 2.39. The molecule has 0 unspecified atom stereocenters. The third-order valence-corrected chi connectivity index (χ3v) is 4.53. The lowest BCUT2D eigenvalue weighted by Gasteiger charge is -2.19. The summed E-state index contributed by atoms with van der Waals surface area (Å²) in [7, 11) is -3.50. The molecule has 1 aromatic rings. The molecule has 0 atom stereocenters. The quantitative estimate of drug-likeness (QED) is 0.845. The van der Waals surface area contributed by atoms with E-state index in [1.807, 2.05) is 13.8 Å². The van der Waals surface area contributed by atoms with Crippen LogP contribution in [-0.4, -0.2) is 38.5 Å². The highest BCUT2D eigenvalue weighted by Crippen LogP contribution is 2.14. The first-order valence-corrected chi connectivity index (χ1v) is 8.46. The molecule has 0 bridgehead atoms. The molecule has 118 valence electrons. The SMILES string of the molecule is CCN(CC)C(=O)Nc1ccc(S(=O)(=O)NC(C)C)cc1. The number of anilines is 1. The molecule has 1 aromatic carbocycles. The van der Waals surface area contributed by atoms with Crippen molar-refractivity contribution in [3.63, 3.8) is 0 Å². The number of amides is 2. The van der Waals surface area contributed by atoms with Crippen molar-refractivity contribution in [2.45, 2.75) is 38.6 Å². The normalized spacial score (nSPS) is 11.5. The van der Waals surface area contributed by atoms with Gasteiger partial charge in [0.2, 0.25) is 10.0 Å². The summed E-state index contributed by atoms with van der Waals surface area (Å²) in [6.45, 7) is 8.55. The molecule has 0 aliphatic rings. The zero-order valence-electron chi connectivity index (χ0n) is 12.9. The van der Waals surface area contributed by atoms with Gasteiger partial charge in [0.25, 0.3) is 0 Å². The van der Waals surface area contributed by atoms with Crippen LogP contribution in [-0.2, 0) is 10.0 Å². The van der Waals surface area contributed by atoms with Gasteiger partial charge in [0.1, 0.15) is 0 Å². The van der Waals surface area contributed by atoms with Crippen molar-refractivity contribution in [1.82, 2.24) is 9.62 Å². The maximum atomic E-state index is 12.0. The van der Waals surface area contributed by atoms with Gasteiger partial charge >= 0.3 is 6.03 Å². The highest BCUT2D eigenvalue weighted by Gasteiger charge is 2.15. The Kier molecular flexibility index (Phi) is 6.17. The molecule has 0 heterocycles. The first-order chi connectivity index (χ1) is 9.80. The van der Waals surface area contributed by atoms with Gasteiger partial charge < -0.3 is 10.2 Å². The number of sulfonamides is 1. The number of hydrogen-bond donors (Lipinski definition) is 2. The fraction of sp³-hybridized carbons (Fsp3) is 0.500. The van der Waals surface area contributed by atoms with Crippen LogP contribution in [0.5, 0.6) is 0 Å². The zero-order valence-corrected chi connectivity index (χ0v) is 13.7. The van der Waals surface area contributed by atoms with Gasteiger partial charge in [-0.25, -0.2) is 17.9 Å². The van der Waals surface area contributed by atoms with E-state index in [0.717, 1.165) is 0 Å². The Morgan fingerprint density at radius 2 is 1.67 bits per heavy atom. The van der Waals surface area contributed by atoms with Crippen LogP contribution in [0.15, 0.2) is 29.2 Å². The van der Waals surface area contributed by atoms with Gasteiger partial charge in [0, 0.05) is 24.8 Å². The van der Waals surface area contributed by atoms with Crippen LogP contribution in [0.4, 0.5) is 10.5 Å². The molecule has 0 fully saturated rings. The molecule has 2 amide bonds. The molecule has 0 aliphatic carbocycles. The minimum atomic E-state index is -3.50. The Balaban J connectivity index is 2.81. The molecule has 0 aliphatic heterocycles. The third-order valence-electron chi connectivity index (χ3n) is 2.86. The van der Waals surface area contributed by atoms with Crippen molar-refractivity contribution in [3.8, 4) is 0 Å². The van der Waals surface area contributed by atoms with Gasteiger partial charge in [-0.15, -0.1) is 0 Å².